The van der Waals surface area contributed by atoms with Crippen molar-refractivity contribution in [2.75, 3.05) is 33.6 Å². The summed E-state index contributed by atoms with van der Waals surface area (Å²) in [5, 5.41) is 4.12. The highest BCUT2D eigenvalue weighted by Crippen LogP contribution is 2.31. The number of nitrogens with zero attached hydrogens (tertiary/aromatic N) is 3. The first-order valence-electron chi connectivity index (χ1n) is 10.1. The van der Waals surface area contributed by atoms with Crippen molar-refractivity contribution in [1.29, 1.82) is 0 Å². The number of hydrogen-bond donors (Lipinski definition) is 0. The van der Waals surface area contributed by atoms with E-state index in [2.05, 4.69) is 10.1 Å². The molecule has 1 unspecified atom stereocenters. The standard InChI is InChI=1S/C23H25N3O4S/c1-28-19-9-4-15(12-20(19)29-2)10-11-26-14-17(13-21(26)27)23-24-22(25-30-23)16-5-7-18(31-3)8-6-16/h4-9,12,17H,10-11,13-14H2,1-3H3. The summed E-state index contributed by atoms with van der Waals surface area (Å²) in [6.07, 6.45) is 3.16. The van der Waals surface area contributed by atoms with Crippen LogP contribution in [0.3, 0.4) is 0 Å². The van der Waals surface area contributed by atoms with Gasteiger partial charge in [-0.05, 0) is 54.6 Å². The van der Waals surface area contributed by atoms with E-state index in [0.29, 0.717) is 42.7 Å². The predicted octanol–water partition coefficient (Wildman–Crippen LogP) is 4.03. The van der Waals surface area contributed by atoms with Gasteiger partial charge in [0.05, 0.1) is 20.1 Å². The second-order valence-electron chi connectivity index (χ2n) is 7.36. The van der Waals surface area contributed by atoms with Gasteiger partial charge in [-0.2, -0.15) is 4.98 Å². The first-order chi connectivity index (χ1) is 15.1. The zero-order chi connectivity index (χ0) is 21.8. The molecule has 2 heterocycles. The number of amides is 1. The highest BCUT2D eigenvalue weighted by molar-refractivity contribution is 7.98. The van der Waals surface area contributed by atoms with E-state index < -0.39 is 0 Å². The molecule has 0 radical (unpaired) electrons. The van der Waals surface area contributed by atoms with Gasteiger partial charge in [-0.3, -0.25) is 4.79 Å². The van der Waals surface area contributed by atoms with Gasteiger partial charge in [0.1, 0.15) is 0 Å². The Hall–Kier alpha value is -3.00. The monoisotopic (exact) mass is 439 g/mol. The number of thioether (sulfide) groups is 1. The fourth-order valence-electron chi connectivity index (χ4n) is 3.71. The lowest BCUT2D eigenvalue weighted by atomic mass is 10.1. The summed E-state index contributed by atoms with van der Waals surface area (Å²) in [7, 11) is 3.23. The smallest absolute Gasteiger partial charge is 0.232 e. The Morgan fingerprint density at radius 1 is 1.13 bits per heavy atom. The molecule has 8 heteroatoms. The van der Waals surface area contributed by atoms with Crippen LogP contribution in [-0.4, -0.2) is 54.5 Å². The Balaban J connectivity index is 1.39. The second kappa shape index (κ2) is 9.43. The lowest BCUT2D eigenvalue weighted by Gasteiger charge is -2.16. The molecule has 0 bridgehead atoms. The summed E-state index contributed by atoms with van der Waals surface area (Å²) in [5.74, 6) is 2.48. The number of hydrogen-bond acceptors (Lipinski definition) is 7. The molecule has 1 atom stereocenters. The van der Waals surface area contributed by atoms with Crippen molar-refractivity contribution in [2.45, 2.75) is 23.7 Å². The lowest BCUT2D eigenvalue weighted by Crippen LogP contribution is -2.27. The Morgan fingerprint density at radius 2 is 1.90 bits per heavy atom. The van der Waals surface area contributed by atoms with Crippen molar-refractivity contribution in [3.05, 3.63) is 53.9 Å². The van der Waals surface area contributed by atoms with Gasteiger partial charge in [-0.25, -0.2) is 0 Å². The van der Waals surface area contributed by atoms with Gasteiger partial charge in [0.15, 0.2) is 11.5 Å². The lowest BCUT2D eigenvalue weighted by molar-refractivity contribution is -0.127. The van der Waals surface area contributed by atoms with E-state index in [1.54, 1.807) is 26.0 Å². The molecule has 0 saturated carbocycles. The van der Waals surface area contributed by atoms with Crippen molar-refractivity contribution in [3.8, 4) is 22.9 Å². The number of benzene rings is 2. The molecule has 3 aromatic rings. The van der Waals surface area contributed by atoms with Crippen LogP contribution in [0.1, 0.15) is 23.8 Å². The molecule has 7 nitrogen and oxygen atoms in total. The molecule has 31 heavy (non-hydrogen) atoms. The number of ether oxygens (including phenoxy) is 2. The minimum atomic E-state index is -0.0791. The molecule has 1 amide bonds. The summed E-state index contributed by atoms with van der Waals surface area (Å²) < 4.78 is 16.1. The van der Waals surface area contributed by atoms with Crippen LogP contribution in [0.15, 0.2) is 51.9 Å². The van der Waals surface area contributed by atoms with Gasteiger partial charge in [0.2, 0.25) is 17.6 Å². The molecule has 1 fully saturated rings. The van der Waals surface area contributed by atoms with E-state index in [9.17, 15) is 4.79 Å². The third kappa shape index (κ3) is 4.69. The summed E-state index contributed by atoms with van der Waals surface area (Å²) in [5.41, 5.74) is 1.99. The number of aromatic nitrogens is 2. The van der Waals surface area contributed by atoms with Gasteiger partial charge < -0.3 is 18.9 Å². The third-order valence-corrected chi connectivity index (χ3v) is 6.22. The Morgan fingerprint density at radius 3 is 2.61 bits per heavy atom. The number of carbonyl (C=O) groups is 1. The van der Waals surface area contributed by atoms with E-state index in [1.165, 1.54) is 4.90 Å². The van der Waals surface area contributed by atoms with Crippen LogP contribution in [0.25, 0.3) is 11.4 Å². The number of likely N-dealkylation sites (tertiary alicyclic amines) is 1. The number of carbonyl (C=O) groups excluding carboxylic acids is 1. The number of methoxy groups -OCH3 is 2. The van der Waals surface area contributed by atoms with Gasteiger partial charge >= 0.3 is 0 Å². The van der Waals surface area contributed by atoms with Crippen molar-refractivity contribution < 1.29 is 18.8 Å². The maximum Gasteiger partial charge on any atom is 0.232 e. The van der Waals surface area contributed by atoms with Crippen LogP contribution in [0.5, 0.6) is 11.5 Å². The maximum atomic E-state index is 12.5. The van der Waals surface area contributed by atoms with Crippen LogP contribution < -0.4 is 9.47 Å². The molecule has 4 rings (SSSR count). The molecule has 0 N–H and O–H groups in total. The average molecular weight is 440 g/mol. The quantitative estimate of drug-likeness (QED) is 0.490. The third-order valence-electron chi connectivity index (χ3n) is 5.47. The first-order valence-corrected chi connectivity index (χ1v) is 11.3. The molecule has 1 saturated heterocycles. The Bertz CT molecular complexity index is 1050. The highest BCUT2D eigenvalue weighted by atomic mass is 32.2. The Labute approximate surface area is 185 Å². The summed E-state index contributed by atoms with van der Waals surface area (Å²) in [6.45, 7) is 1.21. The molecule has 0 aliphatic carbocycles. The fraction of sp³-hybridized carbons (Fsp3) is 0.348. The molecule has 1 aliphatic heterocycles. The van der Waals surface area contributed by atoms with Gasteiger partial charge in [-0.1, -0.05) is 11.2 Å². The van der Waals surface area contributed by atoms with Crippen molar-refractivity contribution in [2.24, 2.45) is 0 Å². The van der Waals surface area contributed by atoms with Crippen molar-refractivity contribution in [3.63, 3.8) is 0 Å². The van der Waals surface area contributed by atoms with Crippen molar-refractivity contribution in [1.82, 2.24) is 15.0 Å². The second-order valence-corrected chi connectivity index (χ2v) is 8.24. The molecule has 162 valence electrons. The van der Waals surface area contributed by atoms with Crippen molar-refractivity contribution >= 4 is 17.7 Å². The molecule has 2 aromatic carbocycles. The van der Waals surface area contributed by atoms with Gasteiger partial charge in [0.25, 0.3) is 0 Å². The summed E-state index contributed by atoms with van der Waals surface area (Å²) in [4.78, 5) is 20.1. The molecule has 1 aromatic heterocycles. The van der Waals surface area contributed by atoms with Crippen LogP contribution in [0.4, 0.5) is 0 Å². The van der Waals surface area contributed by atoms with E-state index in [0.717, 1.165) is 17.5 Å². The van der Waals surface area contributed by atoms with Crippen LogP contribution in [-0.2, 0) is 11.2 Å². The van der Waals surface area contributed by atoms with Crippen LogP contribution in [0.2, 0.25) is 0 Å². The van der Waals surface area contributed by atoms with Gasteiger partial charge in [0, 0.05) is 30.0 Å². The van der Waals surface area contributed by atoms with Gasteiger partial charge in [-0.15, -0.1) is 11.8 Å². The fourth-order valence-corrected chi connectivity index (χ4v) is 4.12. The zero-order valence-electron chi connectivity index (χ0n) is 17.8. The average Bonchev–Trinajstić information content (AvgIpc) is 3.44. The Kier molecular flexibility index (Phi) is 6.46. The molecule has 1 aliphatic rings. The van der Waals surface area contributed by atoms with Crippen LogP contribution >= 0.6 is 11.8 Å². The van der Waals surface area contributed by atoms with E-state index in [4.69, 9.17) is 14.0 Å². The largest absolute Gasteiger partial charge is 0.493 e. The van der Waals surface area contributed by atoms with Crippen LogP contribution in [0, 0.1) is 0 Å². The summed E-state index contributed by atoms with van der Waals surface area (Å²) in [6, 6.07) is 13.9. The molecular formula is C23H25N3O4S. The normalized spacial score (nSPS) is 16.0. The first kappa shape index (κ1) is 21.2. The summed E-state index contributed by atoms with van der Waals surface area (Å²) >= 11 is 1.69. The maximum absolute atomic E-state index is 12.5. The van der Waals surface area contributed by atoms with E-state index in [-0.39, 0.29) is 11.8 Å². The minimum absolute atomic E-state index is 0.0791. The van der Waals surface area contributed by atoms with E-state index >= 15 is 0 Å². The molecule has 0 spiro atoms. The number of rotatable bonds is 8. The minimum Gasteiger partial charge on any atom is -0.493 e. The van der Waals surface area contributed by atoms with E-state index in [1.807, 2.05) is 53.6 Å². The molecular weight excluding hydrogens is 414 g/mol. The highest BCUT2D eigenvalue weighted by Gasteiger charge is 2.34. The topological polar surface area (TPSA) is 77.7 Å². The predicted molar refractivity (Wildman–Crippen MR) is 119 cm³/mol. The SMILES string of the molecule is COc1ccc(CCN2CC(c3nc(-c4ccc(SC)cc4)no3)CC2=O)cc1OC. The zero-order valence-corrected chi connectivity index (χ0v) is 18.6.